The molecule has 22 heavy (non-hydrogen) atoms. The number of ether oxygens (including phenoxy) is 2. The molecule has 0 fully saturated rings. The maximum absolute atomic E-state index is 11.5. The smallest absolute Gasteiger partial charge is 0.337 e. The summed E-state index contributed by atoms with van der Waals surface area (Å²) in [6.45, 7) is 2.47. The first-order chi connectivity index (χ1) is 10.6. The second-order valence-electron chi connectivity index (χ2n) is 4.42. The summed E-state index contributed by atoms with van der Waals surface area (Å²) in [5.41, 5.74) is 1.87. The molecule has 0 aliphatic carbocycles. The number of benzene rings is 2. The summed E-state index contributed by atoms with van der Waals surface area (Å²) in [6.07, 6.45) is 1.66. The summed E-state index contributed by atoms with van der Waals surface area (Å²) < 4.78 is 10.2. The van der Waals surface area contributed by atoms with Crippen LogP contribution < -0.4 is 4.74 Å². The molecular weight excluding hydrogens is 302 g/mol. The van der Waals surface area contributed by atoms with E-state index in [9.17, 15) is 4.79 Å². The number of halogens is 1. The van der Waals surface area contributed by atoms with Crippen LogP contribution in [-0.4, -0.2) is 25.9 Å². The van der Waals surface area contributed by atoms with Crippen molar-refractivity contribution in [1.82, 2.24) is 0 Å². The molecule has 114 valence electrons. The van der Waals surface area contributed by atoms with Crippen molar-refractivity contribution in [2.75, 3.05) is 13.7 Å². The highest BCUT2D eigenvalue weighted by Gasteiger charge is 2.05. The van der Waals surface area contributed by atoms with E-state index in [4.69, 9.17) is 21.1 Å². The summed E-state index contributed by atoms with van der Waals surface area (Å²) in [6, 6.07) is 12.2. The fraction of sp³-hybridized carbons (Fsp3) is 0.176. The average molecular weight is 318 g/mol. The molecule has 4 nitrogen and oxygen atoms in total. The molecular formula is C17H16ClNO3. The van der Waals surface area contributed by atoms with Crippen molar-refractivity contribution in [1.29, 1.82) is 0 Å². The number of nitrogens with zero attached hydrogens (tertiary/aromatic N) is 1. The Morgan fingerprint density at radius 3 is 2.82 bits per heavy atom. The van der Waals surface area contributed by atoms with Gasteiger partial charge in [-0.1, -0.05) is 17.7 Å². The molecule has 0 atom stereocenters. The van der Waals surface area contributed by atoms with Crippen LogP contribution in [0.25, 0.3) is 0 Å². The van der Waals surface area contributed by atoms with Gasteiger partial charge in [0, 0.05) is 16.8 Å². The van der Waals surface area contributed by atoms with Crippen molar-refractivity contribution < 1.29 is 14.3 Å². The average Bonchev–Trinajstić information content (AvgIpc) is 2.54. The lowest BCUT2D eigenvalue weighted by Gasteiger charge is -2.07. The molecule has 0 radical (unpaired) electrons. The van der Waals surface area contributed by atoms with E-state index in [1.54, 1.807) is 48.7 Å². The van der Waals surface area contributed by atoms with Gasteiger partial charge in [0.05, 0.1) is 25.0 Å². The van der Waals surface area contributed by atoms with Gasteiger partial charge >= 0.3 is 5.97 Å². The van der Waals surface area contributed by atoms with E-state index in [0.29, 0.717) is 28.6 Å². The number of hydrogen-bond donors (Lipinski definition) is 0. The van der Waals surface area contributed by atoms with Gasteiger partial charge in [-0.05, 0) is 43.3 Å². The Balaban J connectivity index is 2.28. The highest BCUT2D eigenvalue weighted by Crippen LogP contribution is 2.23. The molecule has 0 aromatic heterocycles. The number of rotatable bonds is 5. The Labute approximate surface area is 134 Å². The van der Waals surface area contributed by atoms with Gasteiger partial charge in [0.1, 0.15) is 5.75 Å². The number of hydrogen-bond acceptors (Lipinski definition) is 4. The van der Waals surface area contributed by atoms with Gasteiger partial charge in [0.15, 0.2) is 0 Å². The largest absolute Gasteiger partial charge is 0.493 e. The molecule has 0 spiro atoms. The van der Waals surface area contributed by atoms with E-state index in [-0.39, 0.29) is 0 Å². The highest BCUT2D eigenvalue weighted by atomic mass is 35.5. The zero-order valence-corrected chi connectivity index (χ0v) is 13.1. The van der Waals surface area contributed by atoms with E-state index in [1.807, 2.05) is 6.92 Å². The fourth-order valence-corrected chi connectivity index (χ4v) is 2.06. The van der Waals surface area contributed by atoms with Crippen LogP contribution in [0.15, 0.2) is 47.5 Å². The predicted octanol–water partition coefficient (Wildman–Crippen LogP) is 4.28. The Morgan fingerprint density at radius 1 is 1.27 bits per heavy atom. The summed E-state index contributed by atoms with van der Waals surface area (Å²) in [7, 11) is 1.35. The van der Waals surface area contributed by atoms with Crippen LogP contribution in [0.3, 0.4) is 0 Å². The van der Waals surface area contributed by atoms with Gasteiger partial charge in [-0.15, -0.1) is 0 Å². The van der Waals surface area contributed by atoms with Crippen molar-refractivity contribution in [2.45, 2.75) is 6.92 Å². The molecule has 0 aliphatic rings. The number of aliphatic imine (C=N–C) groups is 1. The molecule has 0 N–H and O–H groups in total. The Bertz CT molecular complexity index is 698. The van der Waals surface area contributed by atoms with E-state index in [0.717, 1.165) is 5.56 Å². The molecule has 0 unspecified atom stereocenters. The lowest BCUT2D eigenvalue weighted by molar-refractivity contribution is 0.0601. The van der Waals surface area contributed by atoms with Crippen LogP contribution in [0.2, 0.25) is 5.02 Å². The summed E-state index contributed by atoms with van der Waals surface area (Å²) in [5.74, 6) is 0.314. The third kappa shape index (κ3) is 4.09. The Hall–Kier alpha value is -2.33. The number of carbonyl (C=O) groups is 1. The maximum atomic E-state index is 11.5. The summed E-state index contributed by atoms with van der Waals surface area (Å²) >= 11 is 6.01. The fourth-order valence-electron chi connectivity index (χ4n) is 1.88. The third-order valence-corrected chi connectivity index (χ3v) is 3.13. The third-order valence-electron chi connectivity index (χ3n) is 2.89. The van der Waals surface area contributed by atoms with Crippen LogP contribution in [-0.2, 0) is 4.74 Å². The molecule has 0 amide bonds. The first kappa shape index (κ1) is 16.0. The predicted molar refractivity (Wildman–Crippen MR) is 87.7 cm³/mol. The normalized spacial score (nSPS) is 10.7. The monoisotopic (exact) mass is 317 g/mol. The highest BCUT2D eigenvalue weighted by molar-refractivity contribution is 6.30. The molecule has 2 rings (SSSR count). The van der Waals surface area contributed by atoms with Crippen LogP contribution in [0.5, 0.6) is 5.75 Å². The molecule has 0 heterocycles. The number of carbonyl (C=O) groups excluding carboxylic acids is 1. The van der Waals surface area contributed by atoms with Crippen LogP contribution in [0, 0.1) is 0 Å². The summed E-state index contributed by atoms with van der Waals surface area (Å²) in [5, 5.41) is 0.605. The zero-order chi connectivity index (χ0) is 15.9. The molecule has 0 saturated heterocycles. The van der Waals surface area contributed by atoms with Gasteiger partial charge in [-0.2, -0.15) is 0 Å². The molecule has 2 aromatic rings. The van der Waals surface area contributed by atoms with Crippen molar-refractivity contribution in [2.24, 2.45) is 4.99 Å². The van der Waals surface area contributed by atoms with E-state index in [2.05, 4.69) is 4.99 Å². The van der Waals surface area contributed by atoms with E-state index < -0.39 is 5.97 Å². The molecule has 0 bridgehead atoms. The van der Waals surface area contributed by atoms with Crippen LogP contribution >= 0.6 is 11.6 Å². The van der Waals surface area contributed by atoms with Gasteiger partial charge < -0.3 is 9.47 Å². The van der Waals surface area contributed by atoms with E-state index in [1.165, 1.54) is 7.11 Å². The topological polar surface area (TPSA) is 47.9 Å². The second kappa shape index (κ2) is 7.61. The zero-order valence-electron chi connectivity index (χ0n) is 12.4. The standard InChI is InChI=1S/C17H16ClNO3/c1-3-22-16-8-7-14(18)9-13(16)11-19-15-6-4-5-12(10-15)17(20)21-2/h4-11H,3H2,1-2H3. The van der Waals surface area contributed by atoms with Gasteiger partial charge in [0.2, 0.25) is 0 Å². The minimum absolute atomic E-state index is 0.394. The first-order valence-corrected chi connectivity index (χ1v) is 7.16. The summed E-state index contributed by atoms with van der Waals surface area (Å²) in [4.78, 5) is 15.9. The SMILES string of the molecule is CCOc1ccc(Cl)cc1C=Nc1cccc(C(=O)OC)c1. The maximum Gasteiger partial charge on any atom is 0.337 e. The molecule has 0 aliphatic heterocycles. The number of methoxy groups -OCH3 is 1. The molecule has 2 aromatic carbocycles. The Kier molecular flexibility index (Phi) is 5.55. The van der Waals surface area contributed by atoms with Crippen molar-refractivity contribution in [3.8, 4) is 5.75 Å². The van der Waals surface area contributed by atoms with Crippen LogP contribution in [0.1, 0.15) is 22.8 Å². The minimum Gasteiger partial charge on any atom is -0.493 e. The molecule has 0 saturated carbocycles. The van der Waals surface area contributed by atoms with Crippen LogP contribution in [0.4, 0.5) is 5.69 Å². The quantitative estimate of drug-likeness (QED) is 0.611. The van der Waals surface area contributed by atoms with Crippen molar-refractivity contribution >= 4 is 29.5 Å². The van der Waals surface area contributed by atoms with E-state index >= 15 is 0 Å². The minimum atomic E-state index is -0.394. The molecule has 5 heteroatoms. The van der Waals surface area contributed by atoms with Gasteiger partial charge in [-0.25, -0.2) is 4.79 Å². The van der Waals surface area contributed by atoms with Gasteiger partial charge in [-0.3, -0.25) is 4.99 Å². The lowest BCUT2D eigenvalue weighted by Crippen LogP contribution is -2.00. The first-order valence-electron chi connectivity index (χ1n) is 6.79. The van der Waals surface area contributed by atoms with Crippen molar-refractivity contribution in [3.63, 3.8) is 0 Å². The second-order valence-corrected chi connectivity index (χ2v) is 4.85. The Morgan fingerprint density at radius 2 is 2.09 bits per heavy atom. The number of esters is 1. The van der Waals surface area contributed by atoms with Crippen molar-refractivity contribution in [3.05, 3.63) is 58.6 Å². The lowest BCUT2D eigenvalue weighted by atomic mass is 10.2. The van der Waals surface area contributed by atoms with Gasteiger partial charge in [0.25, 0.3) is 0 Å².